The van der Waals surface area contributed by atoms with Crippen molar-refractivity contribution in [3.8, 4) is 0 Å². The van der Waals surface area contributed by atoms with Gasteiger partial charge in [-0.05, 0) is 56.1 Å². The molecule has 0 aliphatic rings. The van der Waals surface area contributed by atoms with E-state index in [0.29, 0.717) is 18.8 Å². The molecular formula is C14H18N2O2. The maximum atomic E-state index is 11.8. The molecule has 1 aromatic carbocycles. The number of nitrogens with one attached hydrogen (secondary N) is 1. The molecule has 4 heteroatoms. The van der Waals surface area contributed by atoms with E-state index in [1.165, 1.54) is 5.56 Å². The van der Waals surface area contributed by atoms with Gasteiger partial charge in [0.1, 0.15) is 5.58 Å². The Bertz CT molecular complexity index is 533. The first-order chi connectivity index (χ1) is 8.61. The third-order valence-electron chi connectivity index (χ3n) is 3.02. The quantitative estimate of drug-likeness (QED) is 0.812. The number of rotatable bonds is 4. The minimum absolute atomic E-state index is 0.185. The zero-order valence-electron chi connectivity index (χ0n) is 10.7. The van der Waals surface area contributed by atoms with Gasteiger partial charge in [0, 0.05) is 11.9 Å². The molecule has 2 rings (SSSR count). The summed E-state index contributed by atoms with van der Waals surface area (Å²) in [6, 6.07) is 5.77. The van der Waals surface area contributed by atoms with E-state index in [9.17, 15) is 4.79 Å². The SMILES string of the molecule is Cc1cc2cc(C(=O)NCCCN)oc2cc1C. The van der Waals surface area contributed by atoms with E-state index < -0.39 is 0 Å². The van der Waals surface area contributed by atoms with Crippen LogP contribution in [0.5, 0.6) is 0 Å². The van der Waals surface area contributed by atoms with Crippen LogP contribution in [0.2, 0.25) is 0 Å². The number of carbonyl (C=O) groups excluding carboxylic acids is 1. The number of aryl methyl sites for hydroxylation is 2. The number of fused-ring (bicyclic) bond motifs is 1. The van der Waals surface area contributed by atoms with E-state index >= 15 is 0 Å². The van der Waals surface area contributed by atoms with Gasteiger partial charge in [-0.15, -0.1) is 0 Å². The van der Waals surface area contributed by atoms with Crippen molar-refractivity contribution in [2.24, 2.45) is 5.73 Å². The summed E-state index contributed by atoms with van der Waals surface area (Å²) >= 11 is 0. The van der Waals surface area contributed by atoms with Crippen LogP contribution in [0.3, 0.4) is 0 Å². The van der Waals surface area contributed by atoms with Crippen molar-refractivity contribution in [2.75, 3.05) is 13.1 Å². The predicted octanol–water partition coefficient (Wildman–Crippen LogP) is 2.13. The van der Waals surface area contributed by atoms with Crippen LogP contribution in [0, 0.1) is 13.8 Å². The lowest BCUT2D eigenvalue weighted by Gasteiger charge is -2.00. The summed E-state index contributed by atoms with van der Waals surface area (Å²) in [7, 11) is 0. The zero-order chi connectivity index (χ0) is 13.1. The molecule has 18 heavy (non-hydrogen) atoms. The molecule has 0 unspecified atom stereocenters. The number of furan rings is 1. The summed E-state index contributed by atoms with van der Waals surface area (Å²) in [5, 5.41) is 3.74. The fourth-order valence-corrected chi connectivity index (χ4v) is 1.81. The molecule has 0 spiro atoms. The highest BCUT2D eigenvalue weighted by Gasteiger charge is 2.12. The molecule has 0 saturated carbocycles. The fourth-order valence-electron chi connectivity index (χ4n) is 1.81. The first kappa shape index (κ1) is 12.6. The summed E-state index contributed by atoms with van der Waals surface area (Å²) in [5.41, 5.74) is 8.48. The maximum Gasteiger partial charge on any atom is 0.287 e. The molecular weight excluding hydrogens is 228 g/mol. The standard InChI is InChI=1S/C14H18N2O2/c1-9-6-11-8-13(14(17)16-5-3-4-15)18-12(11)7-10(9)2/h6-8H,3-5,15H2,1-2H3,(H,16,17). The van der Waals surface area contributed by atoms with Crippen molar-refractivity contribution in [3.05, 3.63) is 35.1 Å². The van der Waals surface area contributed by atoms with Crippen LogP contribution in [0.15, 0.2) is 22.6 Å². The lowest BCUT2D eigenvalue weighted by molar-refractivity contribution is 0.0928. The Labute approximate surface area is 106 Å². The smallest absolute Gasteiger partial charge is 0.287 e. The lowest BCUT2D eigenvalue weighted by atomic mass is 10.1. The van der Waals surface area contributed by atoms with Gasteiger partial charge in [0.25, 0.3) is 5.91 Å². The van der Waals surface area contributed by atoms with Crippen molar-refractivity contribution in [3.63, 3.8) is 0 Å². The van der Waals surface area contributed by atoms with E-state index in [1.807, 2.05) is 26.0 Å². The Morgan fingerprint density at radius 3 is 2.72 bits per heavy atom. The van der Waals surface area contributed by atoms with Gasteiger partial charge in [-0.3, -0.25) is 4.79 Å². The van der Waals surface area contributed by atoms with Crippen LogP contribution in [0.25, 0.3) is 11.0 Å². The predicted molar refractivity (Wildman–Crippen MR) is 71.7 cm³/mol. The van der Waals surface area contributed by atoms with Gasteiger partial charge >= 0.3 is 0 Å². The number of carbonyl (C=O) groups is 1. The average molecular weight is 246 g/mol. The molecule has 0 saturated heterocycles. The van der Waals surface area contributed by atoms with Gasteiger partial charge in [0.15, 0.2) is 5.76 Å². The topological polar surface area (TPSA) is 68.3 Å². The van der Waals surface area contributed by atoms with Gasteiger partial charge in [-0.2, -0.15) is 0 Å². The molecule has 0 bridgehead atoms. The number of nitrogens with two attached hydrogens (primary N) is 1. The Morgan fingerprint density at radius 1 is 1.28 bits per heavy atom. The van der Waals surface area contributed by atoms with Crippen molar-refractivity contribution in [2.45, 2.75) is 20.3 Å². The zero-order valence-corrected chi connectivity index (χ0v) is 10.7. The van der Waals surface area contributed by atoms with Crippen molar-refractivity contribution >= 4 is 16.9 Å². The third kappa shape index (κ3) is 2.54. The Morgan fingerprint density at radius 2 is 2.00 bits per heavy atom. The van der Waals surface area contributed by atoms with Crippen LogP contribution < -0.4 is 11.1 Å². The molecule has 0 fully saturated rings. The largest absolute Gasteiger partial charge is 0.451 e. The molecule has 0 atom stereocenters. The summed E-state index contributed by atoms with van der Waals surface area (Å²) in [4.78, 5) is 11.8. The third-order valence-corrected chi connectivity index (χ3v) is 3.02. The summed E-state index contributed by atoms with van der Waals surface area (Å²) in [5.74, 6) is 0.168. The van der Waals surface area contributed by atoms with E-state index in [0.717, 1.165) is 23.0 Å². The monoisotopic (exact) mass is 246 g/mol. The molecule has 1 aromatic heterocycles. The van der Waals surface area contributed by atoms with Crippen LogP contribution in [-0.2, 0) is 0 Å². The molecule has 1 amide bonds. The molecule has 0 radical (unpaired) electrons. The molecule has 1 heterocycles. The fraction of sp³-hybridized carbons (Fsp3) is 0.357. The van der Waals surface area contributed by atoms with Gasteiger partial charge in [-0.1, -0.05) is 0 Å². The summed E-state index contributed by atoms with van der Waals surface area (Å²) < 4.78 is 5.55. The Balaban J connectivity index is 2.22. The second kappa shape index (κ2) is 5.23. The maximum absolute atomic E-state index is 11.8. The average Bonchev–Trinajstić information content (AvgIpc) is 2.73. The van der Waals surface area contributed by atoms with Crippen LogP contribution in [0.4, 0.5) is 0 Å². The van der Waals surface area contributed by atoms with Crippen molar-refractivity contribution in [1.29, 1.82) is 0 Å². The number of hydrogen-bond acceptors (Lipinski definition) is 3. The molecule has 3 N–H and O–H groups in total. The lowest BCUT2D eigenvalue weighted by Crippen LogP contribution is -2.25. The number of benzene rings is 1. The number of hydrogen-bond donors (Lipinski definition) is 2. The van der Waals surface area contributed by atoms with Crippen LogP contribution >= 0.6 is 0 Å². The van der Waals surface area contributed by atoms with Crippen molar-refractivity contribution < 1.29 is 9.21 Å². The second-order valence-corrected chi connectivity index (χ2v) is 4.48. The van der Waals surface area contributed by atoms with Crippen LogP contribution in [0.1, 0.15) is 28.1 Å². The number of amides is 1. The first-order valence-electron chi connectivity index (χ1n) is 6.11. The molecule has 4 nitrogen and oxygen atoms in total. The van der Waals surface area contributed by atoms with Gasteiger partial charge in [-0.25, -0.2) is 0 Å². The minimum Gasteiger partial charge on any atom is -0.451 e. The van der Waals surface area contributed by atoms with E-state index in [1.54, 1.807) is 6.07 Å². The molecule has 0 aliphatic heterocycles. The second-order valence-electron chi connectivity index (χ2n) is 4.48. The molecule has 96 valence electrons. The van der Waals surface area contributed by atoms with Crippen molar-refractivity contribution in [1.82, 2.24) is 5.32 Å². The Kier molecular flexibility index (Phi) is 3.67. The highest BCUT2D eigenvalue weighted by molar-refractivity contribution is 5.96. The van der Waals surface area contributed by atoms with Crippen LogP contribution in [-0.4, -0.2) is 19.0 Å². The van der Waals surface area contributed by atoms with E-state index in [4.69, 9.17) is 10.2 Å². The van der Waals surface area contributed by atoms with Gasteiger partial charge < -0.3 is 15.5 Å². The summed E-state index contributed by atoms with van der Waals surface area (Å²) in [6.07, 6.45) is 0.768. The van der Waals surface area contributed by atoms with Gasteiger partial charge in [0.05, 0.1) is 0 Å². The molecule has 0 aliphatic carbocycles. The summed E-state index contributed by atoms with van der Waals surface area (Å²) in [6.45, 7) is 5.21. The molecule has 2 aromatic rings. The van der Waals surface area contributed by atoms with E-state index in [-0.39, 0.29) is 5.91 Å². The highest BCUT2D eigenvalue weighted by Crippen LogP contribution is 2.23. The normalized spacial score (nSPS) is 10.8. The first-order valence-corrected chi connectivity index (χ1v) is 6.11. The minimum atomic E-state index is -0.185. The Hall–Kier alpha value is -1.81. The van der Waals surface area contributed by atoms with Gasteiger partial charge in [0.2, 0.25) is 0 Å². The highest BCUT2D eigenvalue weighted by atomic mass is 16.3. The van der Waals surface area contributed by atoms with E-state index in [2.05, 4.69) is 5.32 Å².